The summed E-state index contributed by atoms with van der Waals surface area (Å²) in [5, 5.41) is 17.0. The topological polar surface area (TPSA) is 105 Å². The fourth-order valence-corrected chi connectivity index (χ4v) is 6.23. The van der Waals surface area contributed by atoms with Gasteiger partial charge in [-0.2, -0.15) is 0 Å². The van der Waals surface area contributed by atoms with Gasteiger partial charge in [0.25, 0.3) is 5.91 Å². The molecule has 49 heavy (non-hydrogen) atoms. The number of carbonyl (C=O) groups excluding carboxylic acids is 2. The van der Waals surface area contributed by atoms with Crippen LogP contribution in [0.2, 0.25) is 0 Å². The number of hydrogen-bond donors (Lipinski definition) is 3. The van der Waals surface area contributed by atoms with E-state index in [1.165, 1.54) is 10.9 Å². The number of aliphatic hydroxyl groups is 1. The second kappa shape index (κ2) is 15.4. The van der Waals surface area contributed by atoms with Crippen LogP contribution in [-0.2, 0) is 6.54 Å². The van der Waals surface area contributed by atoms with E-state index >= 15 is 0 Å². The van der Waals surface area contributed by atoms with Crippen LogP contribution in [0.25, 0.3) is 16.6 Å². The third-order valence-corrected chi connectivity index (χ3v) is 9.16. The van der Waals surface area contributed by atoms with Crippen molar-refractivity contribution >= 4 is 28.6 Å². The molecule has 0 atom stereocenters. The molecule has 1 aliphatic heterocycles. The van der Waals surface area contributed by atoms with E-state index in [0.717, 1.165) is 62.1 Å². The van der Waals surface area contributed by atoms with E-state index in [-0.39, 0.29) is 18.1 Å². The van der Waals surface area contributed by atoms with E-state index in [1.54, 1.807) is 24.3 Å². The molecule has 1 aliphatic rings. The van der Waals surface area contributed by atoms with Crippen molar-refractivity contribution in [1.29, 1.82) is 0 Å². The van der Waals surface area contributed by atoms with E-state index in [4.69, 9.17) is 9.47 Å². The highest BCUT2D eigenvalue weighted by Crippen LogP contribution is 2.30. The van der Waals surface area contributed by atoms with Gasteiger partial charge in [-0.05, 0) is 117 Å². The molecule has 254 valence electrons. The predicted octanol–water partition coefficient (Wildman–Crippen LogP) is 8.22. The number of likely N-dealkylation sites (tertiary alicyclic amines) is 1. The molecule has 2 amide bonds. The number of piperidine rings is 1. The van der Waals surface area contributed by atoms with Crippen LogP contribution < -0.4 is 20.1 Å². The molecule has 5 aromatic rings. The second-order valence-electron chi connectivity index (χ2n) is 12.7. The number of carbonyl (C=O) groups is 2. The molecule has 9 nitrogen and oxygen atoms in total. The van der Waals surface area contributed by atoms with Gasteiger partial charge in [-0.3, -0.25) is 9.69 Å². The van der Waals surface area contributed by atoms with Crippen molar-refractivity contribution in [3.63, 3.8) is 0 Å². The van der Waals surface area contributed by atoms with Crippen LogP contribution in [-0.4, -0.2) is 51.8 Å². The van der Waals surface area contributed by atoms with Crippen molar-refractivity contribution < 1.29 is 24.2 Å². The summed E-state index contributed by atoms with van der Waals surface area (Å²) in [5.74, 6) is 1.48. The molecule has 0 saturated carbocycles. The van der Waals surface area contributed by atoms with Crippen molar-refractivity contribution in [2.75, 3.05) is 18.4 Å². The van der Waals surface area contributed by atoms with Crippen LogP contribution in [0.1, 0.15) is 61.0 Å². The Morgan fingerprint density at radius 2 is 1.59 bits per heavy atom. The molecule has 3 N–H and O–H groups in total. The lowest BCUT2D eigenvalue weighted by atomic mass is 10.1. The number of fused-ring (bicyclic) bond motifs is 1. The Morgan fingerprint density at radius 3 is 2.29 bits per heavy atom. The van der Waals surface area contributed by atoms with Gasteiger partial charge in [-0.1, -0.05) is 32.0 Å². The lowest BCUT2D eigenvalue weighted by Gasteiger charge is -2.29. The fraction of sp³-hybridized carbons (Fsp3) is 0.300. The quantitative estimate of drug-likeness (QED) is 0.132. The van der Waals surface area contributed by atoms with Gasteiger partial charge in [0, 0.05) is 54.2 Å². The van der Waals surface area contributed by atoms with Crippen molar-refractivity contribution in [2.24, 2.45) is 0 Å². The molecule has 0 aliphatic carbocycles. The summed E-state index contributed by atoms with van der Waals surface area (Å²) in [5.41, 5.74) is 5.43. The number of aryl methyl sites for hydroxylation is 1. The number of nitrogens with one attached hydrogen (secondary N) is 2. The highest BCUT2D eigenvalue weighted by Gasteiger charge is 2.19. The van der Waals surface area contributed by atoms with Crippen molar-refractivity contribution in [2.45, 2.75) is 65.1 Å². The monoisotopic (exact) mass is 660 g/mol. The Bertz CT molecular complexity index is 1890. The van der Waals surface area contributed by atoms with E-state index in [2.05, 4.69) is 44.5 Å². The molecule has 4 aromatic carbocycles. The van der Waals surface area contributed by atoms with Gasteiger partial charge in [-0.25, -0.2) is 4.79 Å². The average molecular weight is 661 g/mol. The van der Waals surface area contributed by atoms with Crippen LogP contribution in [0, 0.1) is 6.92 Å². The summed E-state index contributed by atoms with van der Waals surface area (Å²) >= 11 is 0. The molecule has 0 radical (unpaired) electrons. The second-order valence-corrected chi connectivity index (χ2v) is 12.7. The van der Waals surface area contributed by atoms with Crippen molar-refractivity contribution in [3.8, 4) is 22.9 Å². The first-order valence-electron chi connectivity index (χ1n) is 17.1. The van der Waals surface area contributed by atoms with E-state index in [1.807, 2.05) is 69.3 Å². The van der Waals surface area contributed by atoms with Crippen LogP contribution in [0.4, 0.5) is 10.5 Å². The molecule has 0 unspecified atom stereocenters. The van der Waals surface area contributed by atoms with Gasteiger partial charge in [0.15, 0.2) is 0 Å². The molecule has 1 aromatic heterocycles. The lowest BCUT2D eigenvalue weighted by Crippen LogP contribution is -2.35. The number of anilines is 1. The number of nitrogens with zero attached hydrogens (tertiary/aromatic N) is 2. The fourth-order valence-electron chi connectivity index (χ4n) is 6.23. The summed E-state index contributed by atoms with van der Waals surface area (Å²) in [6, 6.07) is 28.5. The molecule has 0 spiro atoms. The number of amides is 2. The van der Waals surface area contributed by atoms with Crippen molar-refractivity contribution in [1.82, 2.24) is 14.8 Å². The highest BCUT2D eigenvalue weighted by atomic mass is 16.6. The van der Waals surface area contributed by atoms with Gasteiger partial charge >= 0.3 is 6.09 Å². The molecule has 0 bridgehead atoms. The van der Waals surface area contributed by atoms with E-state index in [0.29, 0.717) is 28.5 Å². The largest absolute Gasteiger partial charge is 0.457 e. The molecule has 1 saturated heterocycles. The number of hydrogen-bond acceptors (Lipinski definition) is 6. The Labute approximate surface area is 287 Å². The number of para-hydroxylation sites is 1. The maximum Gasteiger partial charge on any atom is 0.412 e. The highest BCUT2D eigenvalue weighted by molar-refractivity contribution is 6.04. The Balaban J connectivity index is 1.07. The Morgan fingerprint density at radius 1 is 0.898 bits per heavy atom. The number of benzene rings is 4. The minimum atomic E-state index is -0.471. The zero-order chi connectivity index (χ0) is 34.3. The summed E-state index contributed by atoms with van der Waals surface area (Å²) in [6.07, 6.45) is 4.83. The average Bonchev–Trinajstić information content (AvgIpc) is 3.48. The van der Waals surface area contributed by atoms with Gasteiger partial charge in [0.2, 0.25) is 0 Å². The first kappa shape index (κ1) is 33.8. The van der Waals surface area contributed by atoms with Crippen LogP contribution in [0.3, 0.4) is 0 Å². The van der Waals surface area contributed by atoms with Crippen LogP contribution >= 0.6 is 0 Å². The minimum Gasteiger partial charge on any atom is -0.457 e. The molecule has 9 heteroatoms. The zero-order valence-electron chi connectivity index (χ0n) is 28.3. The van der Waals surface area contributed by atoms with Gasteiger partial charge in [0.05, 0.1) is 11.6 Å². The third kappa shape index (κ3) is 8.31. The van der Waals surface area contributed by atoms with Gasteiger partial charge in [-0.15, -0.1) is 0 Å². The molecule has 2 heterocycles. The van der Waals surface area contributed by atoms with Crippen LogP contribution in [0.5, 0.6) is 17.2 Å². The van der Waals surface area contributed by atoms with Gasteiger partial charge in [0.1, 0.15) is 17.2 Å². The number of aromatic nitrogens is 1. The molecule has 6 rings (SSSR count). The minimum absolute atomic E-state index is 0.0872. The summed E-state index contributed by atoms with van der Waals surface area (Å²) in [4.78, 5) is 27.7. The number of ether oxygens (including phenoxy) is 2. The van der Waals surface area contributed by atoms with Crippen LogP contribution in [0.15, 0.2) is 97.2 Å². The van der Waals surface area contributed by atoms with E-state index < -0.39 is 6.09 Å². The molecular weight excluding hydrogens is 616 g/mol. The third-order valence-electron chi connectivity index (χ3n) is 9.16. The lowest BCUT2D eigenvalue weighted by molar-refractivity contribution is 0.0794. The zero-order valence-corrected chi connectivity index (χ0v) is 28.3. The summed E-state index contributed by atoms with van der Waals surface area (Å²) in [7, 11) is 0. The molecule has 1 fully saturated rings. The first-order valence-corrected chi connectivity index (χ1v) is 17.1. The Kier molecular flexibility index (Phi) is 10.6. The SMILES string of the molecule is CCC(CC)NC(=O)Oc1ccc(Oc2ccc(NC(=O)c3ccc(-n4cc(CN5CCC(O)CC5)c5ccccc54)cc3)cc2C)cc1. The predicted molar refractivity (Wildman–Crippen MR) is 193 cm³/mol. The molecular formula is C40H44N4O5. The standard InChI is InChI=1S/C40H44N4O5/c1-4-30(5-2)42-40(47)49-35-17-15-34(16-18-35)48-38-19-12-31(24-27(38)3)41-39(46)28-10-13-32(14-11-28)44-26-29(36-8-6-7-9-37(36)44)25-43-22-20-33(45)21-23-43/h6-19,24,26,30,33,45H,4-5,20-23,25H2,1-3H3,(H,41,46)(H,42,47). The number of aliphatic hydroxyl groups excluding tert-OH is 1. The van der Waals surface area contributed by atoms with E-state index in [9.17, 15) is 14.7 Å². The maximum atomic E-state index is 13.2. The Hall–Kier alpha value is -5.12. The summed E-state index contributed by atoms with van der Waals surface area (Å²) < 4.78 is 13.6. The number of rotatable bonds is 11. The summed E-state index contributed by atoms with van der Waals surface area (Å²) in [6.45, 7) is 8.59. The van der Waals surface area contributed by atoms with Crippen molar-refractivity contribution in [3.05, 3.63) is 114 Å². The normalized spacial score (nSPS) is 13.8. The first-order chi connectivity index (χ1) is 23.8. The van der Waals surface area contributed by atoms with Gasteiger partial charge < -0.3 is 29.8 Å². The maximum absolute atomic E-state index is 13.2. The smallest absolute Gasteiger partial charge is 0.412 e.